The second-order valence-electron chi connectivity index (χ2n) is 12.1. The van der Waals surface area contributed by atoms with Crippen LogP contribution in [-0.2, 0) is 6.18 Å². The van der Waals surface area contributed by atoms with Crippen LogP contribution in [0.3, 0.4) is 0 Å². The number of aryl methyl sites for hydroxylation is 2. The van der Waals surface area contributed by atoms with Gasteiger partial charge in [0.25, 0.3) is 0 Å². The molecule has 0 aliphatic carbocycles. The first-order chi connectivity index (χ1) is 23.2. The van der Waals surface area contributed by atoms with Crippen molar-refractivity contribution < 1.29 is 13.2 Å². The van der Waals surface area contributed by atoms with Crippen LogP contribution >= 0.6 is 0 Å². The molecule has 2 heterocycles. The summed E-state index contributed by atoms with van der Waals surface area (Å²) in [5.74, 6) is 0. The Hall–Kier alpha value is -6.31. The quantitative estimate of drug-likeness (QED) is 0.179. The van der Waals surface area contributed by atoms with Crippen molar-refractivity contribution >= 4 is 49.3 Å². The van der Waals surface area contributed by atoms with E-state index in [2.05, 4.69) is 69.4 Å². The van der Waals surface area contributed by atoms with Crippen LogP contribution in [0.15, 0.2) is 115 Å². The van der Waals surface area contributed by atoms with E-state index in [0.29, 0.717) is 16.9 Å². The predicted octanol–water partition coefficient (Wildman–Crippen LogP) is 11.6. The van der Waals surface area contributed by atoms with E-state index in [-0.39, 0.29) is 16.8 Å². The van der Waals surface area contributed by atoms with E-state index in [1.165, 1.54) is 6.07 Å². The summed E-state index contributed by atoms with van der Waals surface area (Å²) >= 11 is 0. The van der Waals surface area contributed by atoms with Gasteiger partial charge < -0.3 is 9.13 Å². The molecule has 0 fully saturated rings. The van der Waals surface area contributed by atoms with Crippen LogP contribution in [0.5, 0.6) is 0 Å². The lowest BCUT2D eigenvalue weighted by atomic mass is 9.95. The number of fused-ring (bicyclic) bond motifs is 6. The summed E-state index contributed by atoms with van der Waals surface area (Å²) in [6, 6.07) is 37.7. The second-order valence-corrected chi connectivity index (χ2v) is 12.1. The van der Waals surface area contributed by atoms with Gasteiger partial charge >= 0.3 is 6.18 Å². The fourth-order valence-electron chi connectivity index (χ4n) is 7.04. The van der Waals surface area contributed by atoms with Crippen molar-refractivity contribution in [3.63, 3.8) is 0 Å². The van der Waals surface area contributed by atoms with Gasteiger partial charge in [0, 0.05) is 32.7 Å². The zero-order valence-corrected chi connectivity index (χ0v) is 25.9. The van der Waals surface area contributed by atoms with Crippen molar-refractivity contribution in [1.29, 1.82) is 5.26 Å². The third-order valence-corrected chi connectivity index (χ3v) is 9.13. The van der Waals surface area contributed by atoms with E-state index in [1.807, 2.05) is 55.5 Å². The number of alkyl halides is 3. The smallest absolute Gasteiger partial charge is 0.307 e. The van der Waals surface area contributed by atoms with Gasteiger partial charge in [-0.3, -0.25) is 0 Å². The third-order valence-electron chi connectivity index (χ3n) is 9.13. The van der Waals surface area contributed by atoms with Crippen LogP contribution in [0.4, 0.5) is 18.9 Å². The lowest BCUT2D eigenvalue weighted by Gasteiger charge is -2.20. The Balaban J connectivity index is 1.59. The summed E-state index contributed by atoms with van der Waals surface area (Å²) in [6.45, 7) is 11.6. The zero-order valence-electron chi connectivity index (χ0n) is 25.9. The fourth-order valence-corrected chi connectivity index (χ4v) is 7.04. The lowest BCUT2D eigenvalue weighted by Crippen LogP contribution is -2.07. The maximum absolute atomic E-state index is 14.1. The molecule has 0 amide bonds. The van der Waals surface area contributed by atoms with Gasteiger partial charge in [-0.2, -0.15) is 18.4 Å². The van der Waals surface area contributed by atoms with E-state index in [1.54, 1.807) is 6.07 Å². The Kier molecular flexibility index (Phi) is 6.44. The van der Waals surface area contributed by atoms with E-state index >= 15 is 0 Å². The molecular formula is C41H25F3N4. The highest BCUT2D eigenvalue weighted by Gasteiger charge is 2.32. The molecule has 0 bridgehead atoms. The highest BCUT2D eigenvalue weighted by atomic mass is 19.4. The molecule has 6 aromatic carbocycles. The van der Waals surface area contributed by atoms with E-state index in [4.69, 9.17) is 6.57 Å². The zero-order chi connectivity index (χ0) is 33.3. The maximum Gasteiger partial charge on any atom is 0.415 e. The number of para-hydroxylation sites is 3. The van der Waals surface area contributed by atoms with Gasteiger partial charge in [-0.25, -0.2) is 4.85 Å². The van der Waals surface area contributed by atoms with Gasteiger partial charge in [0.05, 0.1) is 51.6 Å². The topological polar surface area (TPSA) is 38.0 Å². The van der Waals surface area contributed by atoms with Crippen molar-refractivity contribution in [1.82, 2.24) is 9.13 Å². The number of nitriles is 1. The van der Waals surface area contributed by atoms with Crippen LogP contribution in [-0.4, -0.2) is 9.13 Å². The number of halogens is 3. The number of aromatic nitrogens is 2. The van der Waals surface area contributed by atoms with Gasteiger partial charge in [0.2, 0.25) is 0 Å². The first-order valence-corrected chi connectivity index (χ1v) is 15.4. The van der Waals surface area contributed by atoms with Gasteiger partial charge in [0.1, 0.15) is 0 Å². The maximum atomic E-state index is 14.1. The molecule has 0 aliphatic rings. The number of nitrogens with zero attached hydrogens (tertiary/aromatic N) is 4. The summed E-state index contributed by atoms with van der Waals surface area (Å²) in [5.41, 5.74) is 6.80. The molecule has 48 heavy (non-hydrogen) atoms. The van der Waals surface area contributed by atoms with E-state index in [9.17, 15) is 18.4 Å². The molecule has 0 unspecified atom stereocenters. The van der Waals surface area contributed by atoms with Gasteiger partial charge in [-0.15, -0.1) is 0 Å². The Bertz CT molecular complexity index is 2710. The number of rotatable bonds is 3. The molecule has 8 rings (SSSR count). The van der Waals surface area contributed by atoms with E-state index in [0.717, 1.165) is 66.9 Å². The largest absolute Gasteiger partial charge is 0.415 e. The van der Waals surface area contributed by atoms with Crippen LogP contribution in [0, 0.1) is 31.8 Å². The minimum absolute atomic E-state index is 0.149. The predicted molar refractivity (Wildman–Crippen MR) is 186 cm³/mol. The molecule has 0 radical (unpaired) electrons. The highest BCUT2D eigenvalue weighted by Crippen LogP contribution is 2.43. The molecule has 4 nitrogen and oxygen atoms in total. The lowest BCUT2D eigenvalue weighted by molar-refractivity contribution is -0.137. The Morgan fingerprint density at radius 3 is 2.02 bits per heavy atom. The minimum Gasteiger partial charge on any atom is -0.307 e. The van der Waals surface area contributed by atoms with Crippen molar-refractivity contribution in [2.75, 3.05) is 0 Å². The summed E-state index contributed by atoms with van der Waals surface area (Å²) in [4.78, 5) is 3.34. The Morgan fingerprint density at radius 1 is 0.667 bits per heavy atom. The van der Waals surface area contributed by atoms with Crippen molar-refractivity contribution in [3.8, 4) is 28.6 Å². The standard InChI is InChI=1S/C41H25F3N4/c1-24-15-16-32-30-10-4-6-13-35(30)47(37(32)17-24)39-22-34(26-18-28(41(42,43)44)21-29(19-26)46-3)27(23-45)20-38(39)48-36-14-7-5-11-31(36)33-12-8-9-25(2)40(33)48/h4-22H,1-2H3. The van der Waals surface area contributed by atoms with Crippen LogP contribution in [0.1, 0.15) is 22.3 Å². The molecular weight excluding hydrogens is 605 g/mol. The average molecular weight is 631 g/mol. The van der Waals surface area contributed by atoms with Gasteiger partial charge in [-0.05, 0) is 79.1 Å². The number of hydrogen-bond donors (Lipinski definition) is 0. The summed E-state index contributed by atoms with van der Waals surface area (Å²) in [5, 5.41) is 14.7. The molecule has 0 atom stereocenters. The third kappa shape index (κ3) is 4.36. The average Bonchev–Trinajstić information content (AvgIpc) is 3.60. The summed E-state index contributed by atoms with van der Waals surface area (Å²) in [6.07, 6.45) is -4.67. The molecule has 230 valence electrons. The number of benzene rings is 6. The van der Waals surface area contributed by atoms with Crippen molar-refractivity contribution in [2.45, 2.75) is 20.0 Å². The second kappa shape index (κ2) is 10.6. The van der Waals surface area contributed by atoms with Gasteiger partial charge in [-0.1, -0.05) is 66.7 Å². The fraction of sp³-hybridized carbons (Fsp3) is 0.0732. The molecule has 0 aliphatic heterocycles. The van der Waals surface area contributed by atoms with Gasteiger partial charge in [0.15, 0.2) is 5.69 Å². The monoisotopic (exact) mass is 630 g/mol. The SMILES string of the molecule is [C-]#[N+]c1cc(-c2cc(-n3c4ccccc4c4ccc(C)cc43)c(-n3c4ccccc4c4cccc(C)c43)cc2C#N)cc(C(F)(F)F)c1. The molecule has 8 aromatic rings. The molecule has 0 saturated heterocycles. The number of hydrogen-bond acceptors (Lipinski definition) is 1. The van der Waals surface area contributed by atoms with Crippen LogP contribution < -0.4 is 0 Å². The highest BCUT2D eigenvalue weighted by molar-refractivity contribution is 6.12. The first-order valence-electron chi connectivity index (χ1n) is 15.4. The van der Waals surface area contributed by atoms with Crippen molar-refractivity contribution in [3.05, 3.63) is 149 Å². The molecule has 2 aromatic heterocycles. The minimum atomic E-state index is -4.67. The Labute approximate surface area is 273 Å². The van der Waals surface area contributed by atoms with E-state index < -0.39 is 11.7 Å². The van der Waals surface area contributed by atoms with Crippen LogP contribution in [0.25, 0.3) is 71.0 Å². The molecule has 7 heteroatoms. The normalized spacial score (nSPS) is 11.8. The molecule has 0 N–H and O–H groups in total. The summed E-state index contributed by atoms with van der Waals surface area (Å²) in [7, 11) is 0. The molecule has 0 saturated carbocycles. The first kappa shape index (κ1) is 29.1. The summed E-state index contributed by atoms with van der Waals surface area (Å²) < 4.78 is 46.5. The van der Waals surface area contributed by atoms with Crippen LogP contribution in [0.2, 0.25) is 0 Å². The van der Waals surface area contributed by atoms with Crippen molar-refractivity contribution in [2.24, 2.45) is 0 Å². The molecule has 0 spiro atoms. The Morgan fingerprint density at radius 2 is 1.31 bits per heavy atom.